The Labute approximate surface area is 141 Å². The molecule has 4 bridgehead atoms. The zero-order chi connectivity index (χ0) is 16.6. The number of aromatic nitrogens is 1. The number of H-pyrrole nitrogens is 1. The number of Topliss-reactive ketones (excluding diaryl/α,β-unsaturated/α-hetero) is 2. The van der Waals surface area contributed by atoms with Crippen LogP contribution in [-0.2, 0) is 16.0 Å². The summed E-state index contributed by atoms with van der Waals surface area (Å²) in [6.07, 6.45) is 3.19. The summed E-state index contributed by atoms with van der Waals surface area (Å²) in [7, 11) is 0. The maximum absolute atomic E-state index is 13.1. The van der Waals surface area contributed by atoms with E-state index >= 15 is 0 Å². The number of fused-ring (bicyclic) bond motifs is 4. The van der Waals surface area contributed by atoms with Gasteiger partial charge < -0.3 is 4.98 Å². The number of benzene rings is 1. The third kappa shape index (κ3) is 1.84. The number of carbonyl (C=O) groups is 2. The van der Waals surface area contributed by atoms with E-state index in [2.05, 4.69) is 37.0 Å². The summed E-state index contributed by atoms with van der Waals surface area (Å²) in [5.41, 5.74) is 4.67. The molecule has 0 amide bonds. The largest absolute Gasteiger partial charge is 0.358 e. The number of carbonyl (C=O) groups excluding carboxylic acids is 2. The Hall–Kier alpha value is -1.90. The Morgan fingerprint density at radius 3 is 2.71 bits per heavy atom. The number of nitrogens with one attached hydrogen (secondary N) is 1. The molecule has 6 rings (SSSR count). The van der Waals surface area contributed by atoms with Crippen LogP contribution in [0.5, 0.6) is 0 Å². The van der Waals surface area contributed by atoms with Crippen molar-refractivity contribution in [1.82, 2.24) is 4.98 Å². The van der Waals surface area contributed by atoms with Gasteiger partial charge in [0.05, 0.1) is 0 Å². The monoisotopic (exact) mass is 321 g/mol. The highest BCUT2D eigenvalue weighted by Gasteiger charge is 2.51. The first-order chi connectivity index (χ1) is 11.5. The summed E-state index contributed by atoms with van der Waals surface area (Å²) in [4.78, 5) is 29.5. The molecule has 0 radical (unpaired) electrons. The number of aromatic amines is 1. The number of hydrogen-bond donors (Lipinski definition) is 1. The van der Waals surface area contributed by atoms with Gasteiger partial charge in [0, 0.05) is 47.2 Å². The van der Waals surface area contributed by atoms with E-state index in [4.69, 9.17) is 0 Å². The lowest BCUT2D eigenvalue weighted by atomic mass is 9.67. The predicted octanol–water partition coefficient (Wildman–Crippen LogP) is 3.94. The van der Waals surface area contributed by atoms with Gasteiger partial charge in [-0.05, 0) is 49.3 Å². The summed E-state index contributed by atoms with van der Waals surface area (Å²) in [5, 5.41) is 1.18. The number of hydrogen-bond acceptors (Lipinski definition) is 2. The van der Waals surface area contributed by atoms with Crippen molar-refractivity contribution >= 4 is 22.5 Å². The van der Waals surface area contributed by atoms with Gasteiger partial charge in [-0.3, -0.25) is 9.59 Å². The van der Waals surface area contributed by atoms with Gasteiger partial charge in [-0.15, -0.1) is 0 Å². The van der Waals surface area contributed by atoms with Crippen molar-refractivity contribution in [2.75, 3.05) is 0 Å². The lowest BCUT2D eigenvalue weighted by Crippen LogP contribution is -2.37. The van der Waals surface area contributed by atoms with Gasteiger partial charge in [0.15, 0.2) is 0 Å². The first-order valence-electron chi connectivity index (χ1n) is 9.19. The number of rotatable bonds is 0. The summed E-state index contributed by atoms with van der Waals surface area (Å²) in [6.45, 7) is 4.24. The SMILES string of the molecule is Cc1ccc2[nH]c3c(c2c1)CC(=O)C1CC2CC(=O)C(C3C2)C1C. The van der Waals surface area contributed by atoms with E-state index < -0.39 is 0 Å². The Morgan fingerprint density at radius 1 is 1.08 bits per heavy atom. The van der Waals surface area contributed by atoms with Crippen LogP contribution in [0.4, 0.5) is 0 Å². The number of ketones is 2. The topological polar surface area (TPSA) is 49.9 Å². The zero-order valence-electron chi connectivity index (χ0n) is 14.3. The minimum atomic E-state index is 0.0194. The van der Waals surface area contributed by atoms with Crippen LogP contribution in [0.15, 0.2) is 18.2 Å². The minimum absolute atomic E-state index is 0.0194. The van der Waals surface area contributed by atoms with Crippen LogP contribution < -0.4 is 0 Å². The van der Waals surface area contributed by atoms with Gasteiger partial charge in [0.1, 0.15) is 11.6 Å². The molecule has 3 heteroatoms. The molecule has 24 heavy (non-hydrogen) atoms. The molecule has 0 saturated heterocycles. The molecule has 0 spiro atoms. The average Bonchev–Trinajstić information content (AvgIpc) is 2.75. The number of aryl methyl sites for hydroxylation is 1. The van der Waals surface area contributed by atoms with E-state index in [1.807, 2.05) is 0 Å². The molecule has 124 valence electrons. The molecule has 1 N–H and O–H groups in total. The van der Waals surface area contributed by atoms with Gasteiger partial charge in [-0.1, -0.05) is 18.6 Å². The Balaban J connectivity index is 1.79. The van der Waals surface area contributed by atoms with Gasteiger partial charge in [0.2, 0.25) is 0 Å². The van der Waals surface area contributed by atoms with Gasteiger partial charge in [-0.2, -0.15) is 0 Å². The van der Waals surface area contributed by atoms with Crippen LogP contribution in [0.25, 0.3) is 10.9 Å². The van der Waals surface area contributed by atoms with E-state index in [0.29, 0.717) is 30.3 Å². The molecule has 3 saturated carbocycles. The van der Waals surface area contributed by atoms with Gasteiger partial charge >= 0.3 is 0 Å². The third-order valence-electron chi connectivity index (χ3n) is 6.90. The van der Waals surface area contributed by atoms with E-state index in [1.54, 1.807) is 0 Å². The van der Waals surface area contributed by atoms with Gasteiger partial charge in [-0.25, -0.2) is 0 Å². The lowest BCUT2D eigenvalue weighted by Gasteiger charge is -2.35. The van der Waals surface area contributed by atoms with Crippen LogP contribution in [-0.4, -0.2) is 16.6 Å². The summed E-state index contributed by atoms with van der Waals surface area (Å²) in [6, 6.07) is 6.41. The average molecular weight is 321 g/mol. The summed E-state index contributed by atoms with van der Waals surface area (Å²) in [5.74, 6) is 1.66. The molecule has 5 atom stereocenters. The second-order valence-electron chi connectivity index (χ2n) is 8.32. The quantitative estimate of drug-likeness (QED) is 0.799. The van der Waals surface area contributed by atoms with Crippen molar-refractivity contribution in [2.24, 2.45) is 23.7 Å². The highest BCUT2D eigenvalue weighted by atomic mass is 16.1. The van der Waals surface area contributed by atoms with Crippen molar-refractivity contribution in [3.63, 3.8) is 0 Å². The fraction of sp³-hybridized carbons (Fsp3) is 0.524. The Morgan fingerprint density at radius 2 is 1.88 bits per heavy atom. The molecule has 2 aromatic rings. The van der Waals surface area contributed by atoms with Crippen molar-refractivity contribution in [1.29, 1.82) is 0 Å². The summed E-state index contributed by atoms with van der Waals surface area (Å²) >= 11 is 0. The maximum atomic E-state index is 13.1. The maximum Gasteiger partial charge on any atom is 0.140 e. The van der Waals surface area contributed by atoms with Crippen molar-refractivity contribution < 1.29 is 9.59 Å². The molecular weight excluding hydrogens is 298 g/mol. The van der Waals surface area contributed by atoms with E-state index in [0.717, 1.165) is 18.4 Å². The van der Waals surface area contributed by atoms with Crippen LogP contribution >= 0.6 is 0 Å². The summed E-state index contributed by atoms with van der Waals surface area (Å²) < 4.78 is 0. The molecule has 1 heterocycles. The standard InChI is InChI=1S/C21H23NO2/c1-10-3-4-17-14(5-10)15-9-18(23)13-6-12-7-16(21(15)22-17)20(11(13)2)19(24)8-12/h3-5,11-13,16,20,22H,6-9H2,1-2H3. The second-order valence-corrected chi connectivity index (χ2v) is 8.32. The first-order valence-corrected chi connectivity index (χ1v) is 9.19. The predicted molar refractivity (Wildman–Crippen MR) is 93.0 cm³/mol. The lowest BCUT2D eigenvalue weighted by molar-refractivity contribution is -0.129. The van der Waals surface area contributed by atoms with Crippen LogP contribution in [0.2, 0.25) is 0 Å². The second kappa shape index (κ2) is 4.81. The van der Waals surface area contributed by atoms with Crippen molar-refractivity contribution in [2.45, 2.75) is 45.4 Å². The third-order valence-corrected chi connectivity index (χ3v) is 6.90. The van der Waals surface area contributed by atoms with Crippen LogP contribution in [0.1, 0.15) is 48.9 Å². The van der Waals surface area contributed by atoms with E-state index in [9.17, 15) is 9.59 Å². The molecule has 5 unspecified atom stereocenters. The first kappa shape index (κ1) is 14.4. The highest BCUT2D eigenvalue weighted by Crippen LogP contribution is 2.53. The Kier molecular flexibility index (Phi) is 2.89. The van der Waals surface area contributed by atoms with Crippen LogP contribution in [0, 0.1) is 30.6 Å². The molecule has 3 nitrogen and oxygen atoms in total. The normalized spacial score (nSPS) is 35.0. The molecule has 4 aliphatic rings. The molecular formula is C21H23NO2. The molecule has 1 aromatic heterocycles. The Bertz CT molecular complexity index is 877. The molecule has 1 aromatic carbocycles. The van der Waals surface area contributed by atoms with E-state index in [-0.39, 0.29) is 23.7 Å². The smallest absolute Gasteiger partial charge is 0.140 e. The zero-order valence-corrected chi connectivity index (χ0v) is 14.3. The van der Waals surface area contributed by atoms with Crippen LogP contribution in [0.3, 0.4) is 0 Å². The minimum Gasteiger partial charge on any atom is -0.358 e. The van der Waals surface area contributed by atoms with Crippen molar-refractivity contribution in [3.05, 3.63) is 35.0 Å². The van der Waals surface area contributed by atoms with E-state index in [1.165, 1.54) is 22.2 Å². The fourth-order valence-corrected chi connectivity index (χ4v) is 5.81. The van der Waals surface area contributed by atoms with Crippen molar-refractivity contribution in [3.8, 4) is 0 Å². The molecule has 3 fully saturated rings. The highest BCUT2D eigenvalue weighted by molar-refractivity contribution is 5.95. The molecule has 4 aliphatic carbocycles. The molecule has 0 aliphatic heterocycles. The fourth-order valence-electron chi connectivity index (χ4n) is 5.81. The van der Waals surface area contributed by atoms with Gasteiger partial charge in [0.25, 0.3) is 0 Å².